The molecule has 0 aliphatic heterocycles. The Morgan fingerprint density at radius 1 is 0.357 bits per heavy atom. The first kappa shape index (κ1) is 23.5. The van der Waals surface area contributed by atoms with Crippen LogP contribution < -0.4 is 0 Å². The SMILES string of the molecule is c1ccc(-c2c3ccccc3c(-c3oc4c(ccc5c6ccccc6sc54)c3-c3ccccc3)c3ccccc23)cc1. The maximum absolute atomic E-state index is 7.15. The number of hydrogen-bond acceptors (Lipinski definition) is 2. The summed E-state index contributed by atoms with van der Waals surface area (Å²) in [6.07, 6.45) is 0. The largest absolute Gasteiger partial charge is 0.454 e. The van der Waals surface area contributed by atoms with Crippen molar-refractivity contribution in [2.45, 2.75) is 0 Å². The number of thiophene rings is 1. The standard InChI is InChI=1S/C40H24OS/c1-3-13-25(14-4-1)35-28-18-7-9-20-30(28)37(31-21-10-8-19-29(31)35)39-36(26-15-5-2-6-16-26)33-24-23-32-27-17-11-12-22-34(27)42-40(32)38(33)41-39/h1-24H. The minimum absolute atomic E-state index is 0.924. The van der Waals surface area contributed by atoms with Gasteiger partial charge in [-0.3, -0.25) is 0 Å². The first-order valence-corrected chi connectivity index (χ1v) is 15.1. The lowest BCUT2D eigenvalue weighted by molar-refractivity contribution is 0.638. The van der Waals surface area contributed by atoms with E-state index in [1.54, 1.807) is 0 Å². The van der Waals surface area contributed by atoms with Crippen molar-refractivity contribution >= 4 is 64.0 Å². The fourth-order valence-corrected chi connectivity index (χ4v) is 7.88. The lowest BCUT2D eigenvalue weighted by Gasteiger charge is -2.17. The molecule has 0 unspecified atom stereocenters. The van der Waals surface area contributed by atoms with Crippen LogP contribution in [0.15, 0.2) is 150 Å². The first-order chi connectivity index (χ1) is 20.9. The summed E-state index contributed by atoms with van der Waals surface area (Å²) in [4.78, 5) is 0. The van der Waals surface area contributed by atoms with Crippen molar-refractivity contribution in [2.24, 2.45) is 0 Å². The van der Waals surface area contributed by atoms with E-state index in [1.807, 2.05) is 11.3 Å². The molecule has 2 heteroatoms. The van der Waals surface area contributed by atoms with Crippen LogP contribution in [0.1, 0.15) is 0 Å². The molecule has 196 valence electrons. The van der Waals surface area contributed by atoms with Crippen LogP contribution in [0.3, 0.4) is 0 Å². The van der Waals surface area contributed by atoms with Gasteiger partial charge in [0.15, 0.2) is 5.58 Å². The second-order valence-electron chi connectivity index (χ2n) is 10.8. The Hall–Kier alpha value is -5.18. The normalized spacial score (nSPS) is 11.8. The van der Waals surface area contributed by atoms with E-state index in [0.29, 0.717) is 0 Å². The Bertz CT molecular complexity index is 2390. The third-order valence-corrected chi connectivity index (χ3v) is 9.67. The van der Waals surface area contributed by atoms with Crippen LogP contribution in [0.4, 0.5) is 0 Å². The molecule has 7 aromatic carbocycles. The minimum atomic E-state index is 0.924. The van der Waals surface area contributed by atoms with Gasteiger partial charge in [-0.1, -0.05) is 133 Å². The van der Waals surface area contributed by atoms with Crippen LogP contribution in [-0.4, -0.2) is 0 Å². The van der Waals surface area contributed by atoms with Crippen LogP contribution in [0.25, 0.3) is 86.3 Å². The summed E-state index contributed by atoms with van der Waals surface area (Å²) < 4.78 is 9.64. The van der Waals surface area contributed by atoms with Crippen molar-refractivity contribution in [3.63, 3.8) is 0 Å². The highest BCUT2D eigenvalue weighted by molar-refractivity contribution is 7.26. The molecule has 0 bridgehead atoms. The summed E-state index contributed by atoms with van der Waals surface area (Å²) in [5.74, 6) is 0.924. The third kappa shape index (κ3) is 3.36. The number of benzene rings is 7. The summed E-state index contributed by atoms with van der Waals surface area (Å²) in [5, 5.41) is 8.51. The number of furan rings is 1. The molecule has 0 atom stereocenters. The van der Waals surface area contributed by atoms with Crippen molar-refractivity contribution in [1.29, 1.82) is 0 Å². The van der Waals surface area contributed by atoms with E-state index < -0.39 is 0 Å². The average molecular weight is 553 g/mol. The van der Waals surface area contributed by atoms with Crippen molar-refractivity contribution in [1.82, 2.24) is 0 Å². The van der Waals surface area contributed by atoms with Gasteiger partial charge >= 0.3 is 0 Å². The quantitative estimate of drug-likeness (QED) is 0.199. The summed E-state index contributed by atoms with van der Waals surface area (Å²) in [5.41, 5.74) is 6.89. The van der Waals surface area contributed by atoms with E-state index in [4.69, 9.17) is 4.42 Å². The van der Waals surface area contributed by atoms with E-state index >= 15 is 0 Å². The van der Waals surface area contributed by atoms with Gasteiger partial charge in [-0.15, -0.1) is 11.3 Å². The lowest BCUT2D eigenvalue weighted by Crippen LogP contribution is -1.91. The Balaban J connectivity index is 1.48. The molecule has 0 radical (unpaired) electrons. The zero-order chi connectivity index (χ0) is 27.6. The minimum Gasteiger partial charge on any atom is -0.454 e. The van der Waals surface area contributed by atoms with Gasteiger partial charge < -0.3 is 4.42 Å². The molecule has 1 nitrogen and oxygen atoms in total. The lowest BCUT2D eigenvalue weighted by atomic mass is 9.86. The van der Waals surface area contributed by atoms with Crippen LogP contribution in [0.2, 0.25) is 0 Å². The molecule has 2 heterocycles. The molecule has 0 saturated carbocycles. The van der Waals surface area contributed by atoms with Crippen molar-refractivity contribution in [3.8, 4) is 33.6 Å². The van der Waals surface area contributed by atoms with Crippen LogP contribution in [0.5, 0.6) is 0 Å². The smallest absolute Gasteiger partial charge is 0.153 e. The molecule has 2 aromatic heterocycles. The molecule has 9 aromatic rings. The highest BCUT2D eigenvalue weighted by Crippen LogP contribution is 2.51. The Labute approximate surface area is 246 Å². The Morgan fingerprint density at radius 3 is 1.45 bits per heavy atom. The zero-order valence-electron chi connectivity index (χ0n) is 22.7. The topological polar surface area (TPSA) is 13.1 Å². The molecular weight excluding hydrogens is 529 g/mol. The summed E-state index contributed by atoms with van der Waals surface area (Å²) in [7, 11) is 0. The van der Waals surface area contributed by atoms with Crippen LogP contribution >= 0.6 is 11.3 Å². The van der Waals surface area contributed by atoms with Crippen LogP contribution in [0, 0.1) is 0 Å². The highest BCUT2D eigenvalue weighted by Gasteiger charge is 2.25. The second kappa shape index (κ2) is 9.17. The second-order valence-corrected chi connectivity index (χ2v) is 11.8. The summed E-state index contributed by atoms with van der Waals surface area (Å²) >= 11 is 1.82. The summed E-state index contributed by atoms with van der Waals surface area (Å²) in [6.45, 7) is 0. The predicted octanol–water partition coefficient (Wildman–Crippen LogP) is 12.1. The van der Waals surface area contributed by atoms with E-state index in [-0.39, 0.29) is 0 Å². The maximum Gasteiger partial charge on any atom is 0.153 e. The van der Waals surface area contributed by atoms with Gasteiger partial charge in [0.2, 0.25) is 0 Å². The van der Waals surface area contributed by atoms with Gasteiger partial charge in [0, 0.05) is 32.0 Å². The van der Waals surface area contributed by atoms with Crippen molar-refractivity contribution in [3.05, 3.63) is 146 Å². The molecule has 0 fully saturated rings. The summed E-state index contributed by atoms with van der Waals surface area (Å²) in [6, 6.07) is 52.2. The van der Waals surface area contributed by atoms with Gasteiger partial charge in [-0.05, 0) is 50.4 Å². The zero-order valence-corrected chi connectivity index (χ0v) is 23.5. The first-order valence-electron chi connectivity index (χ1n) is 14.3. The molecule has 42 heavy (non-hydrogen) atoms. The monoisotopic (exact) mass is 552 g/mol. The van der Waals surface area contributed by atoms with E-state index in [9.17, 15) is 0 Å². The highest BCUT2D eigenvalue weighted by atomic mass is 32.1. The number of rotatable bonds is 3. The van der Waals surface area contributed by atoms with Crippen LogP contribution in [-0.2, 0) is 0 Å². The van der Waals surface area contributed by atoms with Gasteiger partial charge in [0.05, 0.1) is 4.70 Å². The van der Waals surface area contributed by atoms with Gasteiger partial charge in [0.25, 0.3) is 0 Å². The average Bonchev–Trinajstić information content (AvgIpc) is 3.63. The van der Waals surface area contributed by atoms with Gasteiger partial charge in [-0.2, -0.15) is 0 Å². The number of hydrogen-bond donors (Lipinski definition) is 0. The Morgan fingerprint density at radius 2 is 0.833 bits per heavy atom. The van der Waals surface area contributed by atoms with E-state index in [1.165, 1.54) is 52.8 Å². The van der Waals surface area contributed by atoms with Gasteiger partial charge in [0.1, 0.15) is 5.76 Å². The molecule has 0 aliphatic carbocycles. The molecule has 0 N–H and O–H groups in total. The fraction of sp³-hybridized carbons (Fsp3) is 0. The fourth-order valence-electron chi connectivity index (χ4n) is 6.69. The molecule has 0 saturated heterocycles. The van der Waals surface area contributed by atoms with Crippen molar-refractivity contribution < 1.29 is 4.42 Å². The molecule has 0 aliphatic rings. The Kier molecular flexibility index (Phi) is 5.13. The maximum atomic E-state index is 7.15. The molecule has 0 amide bonds. The predicted molar refractivity (Wildman–Crippen MR) is 180 cm³/mol. The molecule has 0 spiro atoms. The number of fused-ring (bicyclic) bond motifs is 7. The van der Waals surface area contributed by atoms with Crippen molar-refractivity contribution in [2.75, 3.05) is 0 Å². The molecular formula is C40H24OS. The molecule has 9 rings (SSSR count). The third-order valence-electron chi connectivity index (χ3n) is 8.49. The van der Waals surface area contributed by atoms with E-state index in [0.717, 1.165) is 33.4 Å². The van der Waals surface area contributed by atoms with E-state index in [2.05, 4.69) is 146 Å². The van der Waals surface area contributed by atoms with Gasteiger partial charge in [-0.25, -0.2) is 0 Å².